The molecule has 0 amide bonds. The Morgan fingerprint density at radius 1 is 0.436 bits per heavy atom. The van der Waals surface area contributed by atoms with Crippen LogP contribution in [0, 0.1) is 6.92 Å². The molecule has 0 fully saturated rings. The monoisotopic (exact) mass is 718 g/mol. The first kappa shape index (κ1) is 33.8. The summed E-state index contributed by atoms with van der Waals surface area (Å²) in [5.41, 5.74) is 9.05. The van der Waals surface area contributed by atoms with Crippen LogP contribution in [0.5, 0.6) is 28.7 Å². The van der Waals surface area contributed by atoms with Gasteiger partial charge in [0.1, 0.15) is 28.7 Å². The molecule has 1 aliphatic carbocycles. The van der Waals surface area contributed by atoms with Crippen molar-refractivity contribution in [2.24, 2.45) is 0 Å². The summed E-state index contributed by atoms with van der Waals surface area (Å²) in [6.45, 7) is 4.42. The Balaban J connectivity index is 1.38. The quantitative estimate of drug-likeness (QED) is 0.114. The maximum atomic E-state index is 12.4. The van der Waals surface area contributed by atoms with Gasteiger partial charge in [0, 0.05) is 5.56 Å². The van der Waals surface area contributed by atoms with Crippen molar-refractivity contribution in [1.82, 2.24) is 0 Å². The third kappa shape index (κ3) is 5.47. The van der Waals surface area contributed by atoms with Gasteiger partial charge in [-0.3, -0.25) is 0 Å². The van der Waals surface area contributed by atoms with E-state index < -0.39 is 0 Å². The van der Waals surface area contributed by atoms with Crippen molar-refractivity contribution in [3.8, 4) is 62.1 Å². The first-order valence-corrected chi connectivity index (χ1v) is 18.4. The number of aromatic hydroxyl groups is 5. The molecule has 8 aromatic carbocycles. The van der Waals surface area contributed by atoms with Crippen molar-refractivity contribution in [2.45, 2.75) is 26.7 Å². The lowest BCUT2D eigenvalue weighted by Crippen LogP contribution is -2.03. The molecular weight excluding hydrogens is 681 g/mol. The Hall–Kier alpha value is -6.98. The van der Waals surface area contributed by atoms with Crippen LogP contribution in [0.1, 0.15) is 36.5 Å². The average molecular weight is 719 g/mol. The van der Waals surface area contributed by atoms with Crippen LogP contribution in [0.4, 0.5) is 0 Å². The van der Waals surface area contributed by atoms with Crippen molar-refractivity contribution < 1.29 is 25.5 Å². The molecule has 5 nitrogen and oxygen atoms in total. The zero-order valence-corrected chi connectivity index (χ0v) is 30.4. The Bertz CT molecular complexity index is 2790. The van der Waals surface area contributed by atoms with Gasteiger partial charge in [-0.25, -0.2) is 0 Å². The summed E-state index contributed by atoms with van der Waals surface area (Å²) in [5, 5.41) is 62.8. The van der Waals surface area contributed by atoms with Gasteiger partial charge in [0.2, 0.25) is 0 Å². The second-order valence-electron chi connectivity index (χ2n) is 14.4. The van der Waals surface area contributed by atoms with E-state index in [2.05, 4.69) is 68.5 Å². The number of allylic oxidation sites excluding steroid dienone is 4. The third-order valence-corrected chi connectivity index (χ3v) is 11.1. The predicted octanol–water partition coefficient (Wildman–Crippen LogP) is 12.6. The molecule has 0 spiro atoms. The van der Waals surface area contributed by atoms with E-state index in [1.54, 1.807) is 24.3 Å². The summed E-state index contributed by atoms with van der Waals surface area (Å²) in [7, 11) is 0. The maximum Gasteiger partial charge on any atom is 0.138 e. The lowest BCUT2D eigenvalue weighted by molar-refractivity contribution is 0.436. The fourth-order valence-corrected chi connectivity index (χ4v) is 8.55. The normalized spacial score (nSPS) is 13.2. The molecule has 0 aromatic heterocycles. The smallest absolute Gasteiger partial charge is 0.138 e. The minimum absolute atomic E-state index is 0.0348. The lowest BCUT2D eigenvalue weighted by Gasteiger charge is -2.27. The number of phenols is 5. The number of hydrogen-bond acceptors (Lipinski definition) is 5. The number of benzene rings is 8. The van der Waals surface area contributed by atoms with Crippen LogP contribution in [0.3, 0.4) is 0 Å². The molecule has 268 valence electrons. The van der Waals surface area contributed by atoms with Gasteiger partial charge in [0.25, 0.3) is 0 Å². The van der Waals surface area contributed by atoms with Gasteiger partial charge in [-0.05, 0) is 128 Å². The predicted molar refractivity (Wildman–Crippen MR) is 225 cm³/mol. The van der Waals surface area contributed by atoms with Gasteiger partial charge < -0.3 is 25.5 Å². The average Bonchev–Trinajstić information content (AvgIpc) is 3.19. The molecule has 8 aromatic rings. The number of fused-ring (bicyclic) bond motifs is 3. The molecule has 5 heteroatoms. The van der Waals surface area contributed by atoms with E-state index in [4.69, 9.17) is 0 Å². The van der Waals surface area contributed by atoms with Crippen molar-refractivity contribution in [3.05, 3.63) is 162 Å². The Morgan fingerprint density at radius 2 is 0.873 bits per heavy atom. The first-order chi connectivity index (χ1) is 26.7. The van der Waals surface area contributed by atoms with Crippen LogP contribution in [-0.2, 0) is 0 Å². The molecule has 0 aliphatic heterocycles. The number of hydrogen-bond donors (Lipinski definition) is 5. The lowest BCUT2D eigenvalue weighted by atomic mass is 9.77. The summed E-state index contributed by atoms with van der Waals surface area (Å²) >= 11 is 0. The fourth-order valence-electron chi connectivity index (χ4n) is 8.55. The van der Waals surface area contributed by atoms with Crippen LogP contribution in [0.25, 0.3) is 76.8 Å². The molecule has 0 saturated carbocycles. The summed E-state index contributed by atoms with van der Waals surface area (Å²) in [4.78, 5) is 0. The SMILES string of the molecule is CC1=C(c2cc3ccccc3cc2C)C(c2c3ccccc3c(-c3c(O)c(-c4ccc(O)cc4)c(O)c(-c4ccc(O)cc4)c3O)c3ccccc23)=CCC1. The molecule has 1 aliphatic rings. The maximum absolute atomic E-state index is 12.4. The van der Waals surface area contributed by atoms with Gasteiger partial charge in [0.05, 0.1) is 16.7 Å². The summed E-state index contributed by atoms with van der Waals surface area (Å²) in [6.07, 6.45) is 4.20. The molecule has 5 N–H and O–H groups in total. The Kier molecular flexibility index (Phi) is 8.09. The van der Waals surface area contributed by atoms with E-state index in [9.17, 15) is 25.5 Å². The van der Waals surface area contributed by atoms with E-state index in [1.807, 2.05) is 36.4 Å². The van der Waals surface area contributed by atoms with Crippen LogP contribution in [0.15, 0.2) is 145 Å². The molecule has 55 heavy (non-hydrogen) atoms. The van der Waals surface area contributed by atoms with Crippen molar-refractivity contribution in [1.29, 1.82) is 0 Å². The van der Waals surface area contributed by atoms with Crippen LogP contribution in [-0.4, -0.2) is 25.5 Å². The minimum Gasteiger partial charge on any atom is -0.508 e. The zero-order valence-electron chi connectivity index (χ0n) is 30.4. The second-order valence-corrected chi connectivity index (χ2v) is 14.4. The first-order valence-electron chi connectivity index (χ1n) is 18.4. The highest BCUT2D eigenvalue weighted by molar-refractivity contribution is 6.25. The van der Waals surface area contributed by atoms with Crippen molar-refractivity contribution >= 4 is 43.5 Å². The van der Waals surface area contributed by atoms with Gasteiger partial charge in [0.15, 0.2) is 0 Å². The molecule has 0 radical (unpaired) electrons. The van der Waals surface area contributed by atoms with Crippen LogP contribution >= 0.6 is 0 Å². The highest BCUT2D eigenvalue weighted by Gasteiger charge is 2.30. The van der Waals surface area contributed by atoms with Crippen molar-refractivity contribution in [2.75, 3.05) is 0 Å². The number of rotatable bonds is 5. The van der Waals surface area contributed by atoms with Crippen LogP contribution in [0.2, 0.25) is 0 Å². The van der Waals surface area contributed by atoms with Gasteiger partial charge in [-0.1, -0.05) is 115 Å². The molecule has 9 rings (SSSR count). The summed E-state index contributed by atoms with van der Waals surface area (Å²) < 4.78 is 0. The Morgan fingerprint density at radius 3 is 1.38 bits per heavy atom. The highest BCUT2D eigenvalue weighted by atomic mass is 16.3. The highest BCUT2D eigenvalue weighted by Crippen LogP contribution is 2.58. The zero-order chi connectivity index (χ0) is 38.0. The van der Waals surface area contributed by atoms with Crippen molar-refractivity contribution in [3.63, 3.8) is 0 Å². The summed E-state index contributed by atoms with van der Waals surface area (Å²) in [6, 6.07) is 41.7. The second kappa shape index (κ2) is 13.2. The topological polar surface area (TPSA) is 101 Å². The molecule has 0 bridgehead atoms. The molecule has 0 heterocycles. The van der Waals surface area contributed by atoms with E-state index >= 15 is 0 Å². The molecule has 0 saturated heterocycles. The van der Waals surface area contributed by atoms with E-state index in [1.165, 1.54) is 57.3 Å². The van der Waals surface area contributed by atoms with Gasteiger partial charge in [-0.15, -0.1) is 0 Å². The Labute approximate surface area is 318 Å². The van der Waals surface area contributed by atoms with Gasteiger partial charge >= 0.3 is 0 Å². The summed E-state index contributed by atoms with van der Waals surface area (Å²) in [5.74, 6) is -0.860. The minimum atomic E-state index is -0.330. The number of phenolic OH excluding ortho intramolecular Hbond substituents is 5. The third-order valence-electron chi connectivity index (χ3n) is 11.1. The van der Waals surface area contributed by atoms with Crippen LogP contribution < -0.4 is 0 Å². The van der Waals surface area contributed by atoms with E-state index in [-0.39, 0.29) is 45.4 Å². The molecule has 0 atom stereocenters. The molecule has 0 unspecified atom stereocenters. The fraction of sp³-hybridized carbons (Fsp3) is 0.0800. The standard InChI is InChI=1S/C50H38O5/c1-28-10-9-17-40(42(28)41-27-33-12-4-3-11-32(33)26-29(41)2)45-36-13-5-7-15-38(36)46(39-16-8-6-14-37(39)45)47-49(54)43(30-18-22-34(51)23-19-30)48(53)44(50(47)55)31-20-24-35(52)25-21-31/h3-8,11-27,51-55H,9-10H2,1-2H3. The number of aryl methyl sites for hydroxylation is 1. The largest absolute Gasteiger partial charge is 0.508 e. The molecular formula is C50H38O5. The van der Waals surface area contributed by atoms with E-state index in [0.29, 0.717) is 16.7 Å². The van der Waals surface area contributed by atoms with Gasteiger partial charge in [-0.2, -0.15) is 0 Å². The van der Waals surface area contributed by atoms with E-state index in [0.717, 1.165) is 45.5 Å².